The van der Waals surface area contributed by atoms with Crippen LogP contribution in [0, 0.1) is 17.8 Å². The van der Waals surface area contributed by atoms with Crippen molar-refractivity contribution in [2.24, 2.45) is 17.8 Å². The molecule has 4 rings (SSSR count). The van der Waals surface area contributed by atoms with Gasteiger partial charge in [-0.05, 0) is 93.0 Å². The number of likely N-dealkylation sites (tertiary alicyclic amines) is 1. The quantitative estimate of drug-likeness (QED) is 0.525. The van der Waals surface area contributed by atoms with Crippen LogP contribution >= 0.6 is 0 Å². The molecule has 2 aliphatic rings. The fraction of sp³-hybridized carbons (Fsp3) is 0.607. The molecule has 1 aliphatic heterocycles. The third-order valence-corrected chi connectivity index (χ3v) is 7.91. The second-order valence-electron chi connectivity index (χ2n) is 10.2. The fourth-order valence-corrected chi connectivity index (χ4v) is 5.80. The van der Waals surface area contributed by atoms with Crippen molar-refractivity contribution in [1.29, 1.82) is 0 Å². The van der Waals surface area contributed by atoms with E-state index in [4.69, 9.17) is 4.74 Å². The molecule has 0 spiro atoms. The Balaban J connectivity index is 1.47. The lowest BCUT2D eigenvalue weighted by Gasteiger charge is -2.36. The van der Waals surface area contributed by atoms with Gasteiger partial charge in [-0.1, -0.05) is 45.0 Å². The maximum atomic E-state index is 11.3. The molecule has 0 bridgehead atoms. The Kier molecular flexibility index (Phi) is 7.40. The normalized spacial score (nSPS) is 24.0. The lowest BCUT2D eigenvalue weighted by molar-refractivity contribution is -0.143. The van der Waals surface area contributed by atoms with Gasteiger partial charge in [-0.25, -0.2) is 0 Å². The highest BCUT2D eigenvalue weighted by Gasteiger charge is 2.29. The highest BCUT2D eigenvalue weighted by atomic mass is 16.5. The molecule has 4 nitrogen and oxygen atoms in total. The van der Waals surface area contributed by atoms with Gasteiger partial charge in [0.2, 0.25) is 0 Å². The summed E-state index contributed by atoms with van der Waals surface area (Å²) in [7, 11) is 0. The van der Waals surface area contributed by atoms with Crippen molar-refractivity contribution >= 4 is 16.7 Å². The molecule has 174 valence electrons. The van der Waals surface area contributed by atoms with Crippen LogP contribution in [0.4, 0.5) is 0 Å². The van der Waals surface area contributed by atoms with Crippen LogP contribution < -0.4 is 4.74 Å². The average molecular weight is 438 g/mol. The molecule has 4 heteroatoms. The number of aliphatic carboxylic acids is 1. The summed E-state index contributed by atoms with van der Waals surface area (Å²) in [5.41, 5.74) is 1.32. The van der Waals surface area contributed by atoms with Crippen molar-refractivity contribution in [3.8, 4) is 5.75 Å². The summed E-state index contributed by atoms with van der Waals surface area (Å²) in [6.07, 6.45) is 7.70. The van der Waals surface area contributed by atoms with E-state index in [9.17, 15) is 9.90 Å². The summed E-state index contributed by atoms with van der Waals surface area (Å²) in [5.74, 6) is 1.80. The van der Waals surface area contributed by atoms with Gasteiger partial charge in [0.1, 0.15) is 5.75 Å². The van der Waals surface area contributed by atoms with Crippen molar-refractivity contribution in [3.05, 3.63) is 42.0 Å². The van der Waals surface area contributed by atoms with Crippen LogP contribution in [-0.4, -0.2) is 35.2 Å². The molecule has 1 heterocycles. The predicted octanol–water partition coefficient (Wildman–Crippen LogP) is 6.68. The van der Waals surface area contributed by atoms with Gasteiger partial charge in [-0.2, -0.15) is 0 Å². The lowest BCUT2D eigenvalue weighted by atomic mass is 9.80. The Hall–Kier alpha value is -2.07. The third-order valence-electron chi connectivity index (χ3n) is 7.91. The van der Waals surface area contributed by atoms with Gasteiger partial charge in [0, 0.05) is 11.4 Å². The minimum Gasteiger partial charge on any atom is -0.490 e. The molecule has 2 aromatic carbocycles. The summed E-state index contributed by atoms with van der Waals surface area (Å²) in [4.78, 5) is 13.8. The number of hydrogen-bond donors (Lipinski definition) is 1. The van der Waals surface area contributed by atoms with Gasteiger partial charge in [0.25, 0.3) is 0 Å². The molecule has 1 N–H and O–H groups in total. The molecular weight excluding hydrogens is 398 g/mol. The minimum atomic E-state index is -0.645. The van der Waals surface area contributed by atoms with E-state index in [1.807, 2.05) is 0 Å². The van der Waals surface area contributed by atoms with E-state index in [-0.39, 0.29) is 5.92 Å². The van der Waals surface area contributed by atoms with E-state index in [2.05, 4.69) is 62.1 Å². The van der Waals surface area contributed by atoms with Crippen molar-refractivity contribution < 1.29 is 14.6 Å². The number of hydrogen-bond acceptors (Lipinski definition) is 3. The number of benzene rings is 2. The highest BCUT2D eigenvalue weighted by molar-refractivity contribution is 5.89. The second-order valence-corrected chi connectivity index (χ2v) is 10.2. The molecule has 0 aromatic heterocycles. The Morgan fingerprint density at radius 1 is 1.06 bits per heavy atom. The number of fused-ring (bicyclic) bond motifs is 1. The standard InChI is InChI=1S/C28H39NO3/c1-4-26(29-16-14-21(15-17-29)28(30)31)23-10-13-25-22(18-23)6-5-7-27(25)32-24-11-8-20(9-12-24)19(2)3/h5-7,10,13,18-21,24,26H,4,8-9,11-12,14-17H2,1-3H3,(H,30,31). The van der Waals surface area contributed by atoms with E-state index in [1.54, 1.807) is 0 Å². The lowest BCUT2D eigenvalue weighted by Crippen LogP contribution is -2.38. The number of carboxylic acid groups (broad SMARTS) is 1. The number of carboxylic acids is 1. The molecule has 2 fully saturated rings. The van der Waals surface area contributed by atoms with Crippen LogP contribution in [0.15, 0.2) is 36.4 Å². The zero-order valence-electron chi connectivity index (χ0n) is 19.9. The van der Waals surface area contributed by atoms with Gasteiger partial charge in [-0.3, -0.25) is 9.69 Å². The Bertz CT molecular complexity index is 908. The van der Waals surface area contributed by atoms with Crippen molar-refractivity contribution in [1.82, 2.24) is 4.90 Å². The number of carbonyl (C=O) groups is 1. The predicted molar refractivity (Wildman–Crippen MR) is 130 cm³/mol. The topological polar surface area (TPSA) is 49.8 Å². The molecule has 0 amide bonds. The van der Waals surface area contributed by atoms with Crippen LogP contribution in [0.3, 0.4) is 0 Å². The van der Waals surface area contributed by atoms with Gasteiger partial charge in [0.15, 0.2) is 0 Å². The largest absolute Gasteiger partial charge is 0.490 e. The van der Waals surface area contributed by atoms with E-state index in [1.165, 1.54) is 29.2 Å². The summed E-state index contributed by atoms with van der Waals surface area (Å²) in [5, 5.41) is 11.7. The number of rotatable bonds is 7. The van der Waals surface area contributed by atoms with Crippen LogP contribution in [-0.2, 0) is 4.79 Å². The molecule has 1 saturated heterocycles. The Morgan fingerprint density at radius 3 is 2.41 bits per heavy atom. The fourth-order valence-electron chi connectivity index (χ4n) is 5.80. The minimum absolute atomic E-state index is 0.185. The molecule has 2 aromatic rings. The maximum absolute atomic E-state index is 11.3. The van der Waals surface area contributed by atoms with Crippen molar-refractivity contribution in [2.45, 2.75) is 77.9 Å². The molecule has 1 saturated carbocycles. The molecule has 0 radical (unpaired) electrons. The Labute approximate surface area is 192 Å². The smallest absolute Gasteiger partial charge is 0.306 e. The first-order valence-electron chi connectivity index (χ1n) is 12.6. The third kappa shape index (κ3) is 5.11. The van der Waals surface area contributed by atoms with Gasteiger partial charge >= 0.3 is 5.97 Å². The van der Waals surface area contributed by atoms with E-state index >= 15 is 0 Å². The molecule has 1 atom stereocenters. The first-order chi connectivity index (χ1) is 15.5. The number of piperidine rings is 1. The number of nitrogens with zero attached hydrogens (tertiary/aromatic N) is 1. The van der Waals surface area contributed by atoms with Crippen molar-refractivity contribution in [3.63, 3.8) is 0 Å². The van der Waals surface area contributed by atoms with E-state index in [0.717, 1.165) is 62.8 Å². The van der Waals surface area contributed by atoms with Crippen LogP contribution in [0.1, 0.15) is 77.3 Å². The number of ether oxygens (including phenoxy) is 1. The van der Waals surface area contributed by atoms with Gasteiger partial charge < -0.3 is 9.84 Å². The molecular formula is C28H39NO3. The average Bonchev–Trinajstić information content (AvgIpc) is 2.80. The highest BCUT2D eigenvalue weighted by Crippen LogP contribution is 2.36. The summed E-state index contributed by atoms with van der Waals surface area (Å²) >= 11 is 0. The van der Waals surface area contributed by atoms with E-state index in [0.29, 0.717) is 12.1 Å². The van der Waals surface area contributed by atoms with Crippen LogP contribution in [0.2, 0.25) is 0 Å². The zero-order chi connectivity index (χ0) is 22.7. The van der Waals surface area contributed by atoms with Crippen LogP contribution in [0.25, 0.3) is 10.8 Å². The first kappa shape index (κ1) is 23.1. The monoisotopic (exact) mass is 437 g/mol. The summed E-state index contributed by atoms with van der Waals surface area (Å²) < 4.78 is 6.51. The molecule has 1 aliphatic carbocycles. The SMILES string of the molecule is CCC(c1ccc2c(OC3CCC(C(C)C)CC3)cccc2c1)N1CCC(C(=O)O)CC1. The van der Waals surface area contributed by atoms with E-state index < -0.39 is 5.97 Å². The van der Waals surface area contributed by atoms with Gasteiger partial charge in [0.05, 0.1) is 12.0 Å². The van der Waals surface area contributed by atoms with Crippen molar-refractivity contribution in [2.75, 3.05) is 13.1 Å². The zero-order valence-corrected chi connectivity index (χ0v) is 19.9. The molecule has 32 heavy (non-hydrogen) atoms. The maximum Gasteiger partial charge on any atom is 0.306 e. The summed E-state index contributed by atoms with van der Waals surface area (Å²) in [6.45, 7) is 8.62. The molecule has 1 unspecified atom stereocenters. The Morgan fingerprint density at radius 2 is 1.78 bits per heavy atom. The summed E-state index contributed by atoms with van der Waals surface area (Å²) in [6, 6.07) is 13.5. The van der Waals surface area contributed by atoms with Gasteiger partial charge in [-0.15, -0.1) is 0 Å². The van der Waals surface area contributed by atoms with Crippen LogP contribution in [0.5, 0.6) is 5.75 Å². The first-order valence-corrected chi connectivity index (χ1v) is 12.6. The second kappa shape index (κ2) is 10.2.